The normalized spacial score (nSPS) is 14.2. The van der Waals surface area contributed by atoms with Crippen LogP contribution in [0.3, 0.4) is 0 Å². The van der Waals surface area contributed by atoms with Crippen LogP contribution in [0.15, 0.2) is 24.3 Å². The highest BCUT2D eigenvalue weighted by Crippen LogP contribution is 2.25. The molecule has 0 aliphatic carbocycles. The second-order valence-corrected chi connectivity index (χ2v) is 5.34. The fraction of sp³-hybridized carbons (Fsp3) is 0.429. The highest BCUT2D eigenvalue weighted by atomic mass is 16.6. The van der Waals surface area contributed by atoms with Crippen LogP contribution >= 0.6 is 0 Å². The molecule has 1 atom stereocenters. The van der Waals surface area contributed by atoms with E-state index >= 15 is 0 Å². The molecule has 0 saturated carbocycles. The van der Waals surface area contributed by atoms with Gasteiger partial charge in [-0.15, -0.1) is 0 Å². The van der Waals surface area contributed by atoms with Gasteiger partial charge in [-0.2, -0.15) is 0 Å². The smallest absolute Gasteiger partial charge is 0.343 e. The molecule has 1 aromatic carbocycles. The van der Waals surface area contributed by atoms with Crippen LogP contribution in [0.4, 0.5) is 0 Å². The topological polar surface area (TPSA) is 98.9 Å². The minimum absolute atomic E-state index is 0.125. The van der Waals surface area contributed by atoms with Gasteiger partial charge in [0.2, 0.25) is 5.54 Å². The minimum Gasteiger partial charge on any atom is -0.497 e. The second kappa shape index (κ2) is 5.50. The summed E-state index contributed by atoms with van der Waals surface area (Å²) in [7, 11) is 1.48. The zero-order chi connectivity index (χ0) is 15.6. The van der Waals surface area contributed by atoms with Crippen LogP contribution in [0.2, 0.25) is 0 Å². The van der Waals surface area contributed by atoms with Crippen LogP contribution in [0.5, 0.6) is 5.75 Å². The molecule has 0 saturated heterocycles. The molecule has 6 heteroatoms. The number of ether oxygens (including phenoxy) is 2. The highest BCUT2D eigenvalue weighted by molar-refractivity contribution is 6.04. The molecule has 0 radical (unpaired) electrons. The van der Waals surface area contributed by atoms with Crippen molar-refractivity contribution in [2.45, 2.75) is 31.9 Å². The minimum atomic E-state index is -2.25. The summed E-state index contributed by atoms with van der Waals surface area (Å²) in [5.41, 5.74) is 2.83. The number of rotatable bonds is 4. The van der Waals surface area contributed by atoms with Crippen LogP contribution in [-0.4, -0.2) is 29.8 Å². The van der Waals surface area contributed by atoms with Crippen LogP contribution in [-0.2, 0) is 19.9 Å². The Kier molecular flexibility index (Phi) is 4.39. The van der Waals surface area contributed by atoms with Gasteiger partial charge in [0.15, 0.2) is 0 Å². The third kappa shape index (κ3) is 3.27. The van der Waals surface area contributed by atoms with E-state index < -0.39 is 23.1 Å². The molecular formula is C14H19NO5. The number of aliphatic carboxylic acids is 1. The van der Waals surface area contributed by atoms with Crippen LogP contribution in [0, 0.1) is 0 Å². The maximum absolute atomic E-state index is 12.1. The Morgan fingerprint density at radius 1 is 1.15 bits per heavy atom. The number of carboxylic acid groups (broad SMARTS) is 1. The van der Waals surface area contributed by atoms with Gasteiger partial charge < -0.3 is 20.3 Å². The Morgan fingerprint density at radius 2 is 1.65 bits per heavy atom. The predicted molar refractivity (Wildman–Crippen MR) is 72.3 cm³/mol. The summed E-state index contributed by atoms with van der Waals surface area (Å²) >= 11 is 0. The maximum Gasteiger partial charge on any atom is 0.343 e. The molecule has 6 nitrogen and oxygen atoms in total. The Labute approximate surface area is 117 Å². The van der Waals surface area contributed by atoms with Gasteiger partial charge in [-0.05, 0) is 38.5 Å². The van der Waals surface area contributed by atoms with Crippen molar-refractivity contribution in [3.05, 3.63) is 29.8 Å². The molecule has 3 N–H and O–H groups in total. The van der Waals surface area contributed by atoms with Crippen molar-refractivity contribution >= 4 is 11.9 Å². The van der Waals surface area contributed by atoms with E-state index in [0.717, 1.165) is 0 Å². The first kappa shape index (κ1) is 16.0. The van der Waals surface area contributed by atoms with Crippen molar-refractivity contribution in [1.29, 1.82) is 0 Å². The lowest BCUT2D eigenvalue weighted by molar-refractivity contribution is -0.169. The highest BCUT2D eigenvalue weighted by Gasteiger charge is 2.47. The first-order valence-corrected chi connectivity index (χ1v) is 6.01. The average Bonchev–Trinajstić information content (AvgIpc) is 2.35. The molecule has 0 aromatic heterocycles. The number of nitrogens with two attached hydrogens (primary N) is 1. The van der Waals surface area contributed by atoms with Gasteiger partial charge in [0.05, 0.1) is 7.11 Å². The third-order valence-corrected chi connectivity index (χ3v) is 2.60. The average molecular weight is 281 g/mol. The molecule has 0 fully saturated rings. The number of hydrogen-bond acceptors (Lipinski definition) is 5. The third-order valence-electron chi connectivity index (χ3n) is 2.60. The van der Waals surface area contributed by atoms with Gasteiger partial charge in [0.1, 0.15) is 11.4 Å². The molecule has 1 aromatic rings. The molecule has 1 rings (SSSR count). The zero-order valence-corrected chi connectivity index (χ0v) is 12.0. The van der Waals surface area contributed by atoms with Crippen molar-refractivity contribution in [3.63, 3.8) is 0 Å². The van der Waals surface area contributed by atoms with Crippen LogP contribution in [0.1, 0.15) is 26.3 Å². The van der Waals surface area contributed by atoms with E-state index in [4.69, 9.17) is 15.2 Å². The van der Waals surface area contributed by atoms with E-state index in [2.05, 4.69) is 0 Å². The van der Waals surface area contributed by atoms with Gasteiger partial charge in [0.25, 0.3) is 0 Å². The van der Waals surface area contributed by atoms with Crippen molar-refractivity contribution in [1.82, 2.24) is 0 Å². The van der Waals surface area contributed by atoms with Gasteiger partial charge in [-0.25, -0.2) is 9.59 Å². The fourth-order valence-corrected chi connectivity index (χ4v) is 1.54. The van der Waals surface area contributed by atoms with Gasteiger partial charge >= 0.3 is 11.9 Å². The summed E-state index contributed by atoms with van der Waals surface area (Å²) in [4.78, 5) is 23.6. The van der Waals surface area contributed by atoms with Crippen molar-refractivity contribution in [2.75, 3.05) is 7.11 Å². The zero-order valence-electron chi connectivity index (χ0n) is 12.0. The number of carbonyl (C=O) groups is 2. The van der Waals surface area contributed by atoms with Crippen molar-refractivity contribution < 1.29 is 24.2 Å². The molecule has 0 heterocycles. The van der Waals surface area contributed by atoms with E-state index in [-0.39, 0.29) is 5.56 Å². The molecule has 110 valence electrons. The number of benzene rings is 1. The van der Waals surface area contributed by atoms with E-state index in [1.807, 2.05) is 0 Å². The number of methoxy groups -OCH3 is 1. The Bertz CT molecular complexity index is 503. The number of esters is 1. The van der Waals surface area contributed by atoms with E-state index in [1.54, 1.807) is 20.8 Å². The molecule has 1 unspecified atom stereocenters. The monoisotopic (exact) mass is 281 g/mol. The first-order chi connectivity index (χ1) is 9.11. The fourth-order valence-electron chi connectivity index (χ4n) is 1.54. The number of carbonyl (C=O) groups excluding carboxylic acids is 1. The summed E-state index contributed by atoms with van der Waals surface area (Å²) < 4.78 is 10.1. The van der Waals surface area contributed by atoms with E-state index in [0.29, 0.717) is 5.75 Å². The lowest BCUT2D eigenvalue weighted by Crippen LogP contribution is -2.54. The summed E-state index contributed by atoms with van der Waals surface area (Å²) in [5.74, 6) is -1.95. The van der Waals surface area contributed by atoms with Gasteiger partial charge in [-0.3, -0.25) is 0 Å². The lowest BCUT2D eigenvalue weighted by Gasteiger charge is -2.28. The van der Waals surface area contributed by atoms with E-state index in [1.165, 1.54) is 31.4 Å². The summed E-state index contributed by atoms with van der Waals surface area (Å²) in [6, 6.07) is 5.92. The molecule has 0 aliphatic heterocycles. The van der Waals surface area contributed by atoms with Crippen LogP contribution < -0.4 is 10.5 Å². The lowest BCUT2D eigenvalue weighted by atomic mass is 9.91. The molecule has 0 bridgehead atoms. The van der Waals surface area contributed by atoms with Gasteiger partial charge in [0, 0.05) is 0 Å². The quantitative estimate of drug-likeness (QED) is 0.637. The first-order valence-electron chi connectivity index (χ1n) is 6.01. The Balaban J connectivity index is 3.20. The standard InChI is InChI=1S/C14H19NO5/c1-13(2,3)20-12(18)14(15,11(16)17)9-5-7-10(19-4)8-6-9/h5-8H,15H2,1-4H3,(H,16,17). The van der Waals surface area contributed by atoms with Crippen molar-refractivity contribution in [3.8, 4) is 5.75 Å². The Morgan fingerprint density at radius 3 is 2.00 bits per heavy atom. The van der Waals surface area contributed by atoms with Crippen molar-refractivity contribution in [2.24, 2.45) is 5.73 Å². The molecule has 20 heavy (non-hydrogen) atoms. The number of carboxylic acids is 1. The molecular weight excluding hydrogens is 262 g/mol. The largest absolute Gasteiger partial charge is 0.497 e. The van der Waals surface area contributed by atoms with Gasteiger partial charge in [-0.1, -0.05) is 12.1 Å². The number of hydrogen-bond donors (Lipinski definition) is 2. The summed E-state index contributed by atoms with van der Waals surface area (Å²) in [6.45, 7) is 4.92. The van der Waals surface area contributed by atoms with Crippen LogP contribution in [0.25, 0.3) is 0 Å². The SMILES string of the molecule is COc1ccc(C(N)(C(=O)O)C(=O)OC(C)(C)C)cc1. The maximum atomic E-state index is 12.1. The molecule has 0 amide bonds. The summed E-state index contributed by atoms with van der Waals surface area (Å²) in [5, 5.41) is 9.32. The second-order valence-electron chi connectivity index (χ2n) is 5.34. The predicted octanol–water partition coefficient (Wildman–Crippen LogP) is 1.28. The molecule has 0 spiro atoms. The molecule has 0 aliphatic rings. The summed E-state index contributed by atoms with van der Waals surface area (Å²) in [6.07, 6.45) is 0. The Hall–Kier alpha value is -2.08. The van der Waals surface area contributed by atoms with E-state index in [9.17, 15) is 14.7 Å².